The van der Waals surface area contributed by atoms with Crippen molar-refractivity contribution in [3.8, 4) is 5.69 Å². The molecule has 4 aromatic rings. The summed E-state index contributed by atoms with van der Waals surface area (Å²) in [7, 11) is 0. The highest BCUT2D eigenvalue weighted by Crippen LogP contribution is 2.27. The number of nitrogens with zero attached hydrogens (tertiary/aromatic N) is 4. The van der Waals surface area contributed by atoms with Crippen LogP contribution in [0.15, 0.2) is 88.8 Å². The number of fused-ring (bicyclic) bond motifs is 1. The van der Waals surface area contributed by atoms with Gasteiger partial charge in [0.25, 0.3) is 5.56 Å². The molecule has 1 fully saturated rings. The van der Waals surface area contributed by atoms with Gasteiger partial charge < -0.3 is 9.80 Å². The van der Waals surface area contributed by atoms with Crippen LogP contribution >= 0.6 is 11.8 Å². The Kier molecular flexibility index (Phi) is 7.09. The predicted octanol–water partition coefficient (Wildman–Crippen LogP) is 4.95. The van der Waals surface area contributed by atoms with E-state index in [4.69, 9.17) is 4.98 Å². The van der Waals surface area contributed by atoms with Crippen molar-refractivity contribution in [2.75, 3.05) is 36.8 Å². The van der Waals surface area contributed by atoms with Crippen LogP contribution in [0, 0.1) is 0 Å². The standard InChI is InChI=1S/C29H30N4O2S/c1-21(2)23-12-7-9-15-26(23)33-28(35)24-13-6-8-14-25(24)30-29(33)36-20-27(34)32-18-16-31(17-19-32)22-10-4-3-5-11-22/h3-15,21H,16-20H2,1-2H3. The van der Waals surface area contributed by atoms with Gasteiger partial charge in [0, 0.05) is 31.9 Å². The summed E-state index contributed by atoms with van der Waals surface area (Å²) in [5.41, 5.74) is 3.61. The lowest BCUT2D eigenvalue weighted by atomic mass is 10.0. The molecule has 0 saturated carbocycles. The highest BCUT2D eigenvalue weighted by Gasteiger charge is 2.23. The third kappa shape index (κ3) is 4.88. The number of benzene rings is 3. The minimum absolute atomic E-state index is 0.0683. The fourth-order valence-electron chi connectivity index (χ4n) is 4.67. The number of aromatic nitrogens is 2. The lowest BCUT2D eigenvalue weighted by Gasteiger charge is -2.36. The van der Waals surface area contributed by atoms with Crippen LogP contribution in [0.25, 0.3) is 16.6 Å². The first kappa shape index (κ1) is 24.1. The molecule has 0 N–H and O–H groups in total. The highest BCUT2D eigenvalue weighted by molar-refractivity contribution is 7.99. The fraction of sp³-hybridized carbons (Fsp3) is 0.276. The normalized spacial score (nSPS) is 14.0. The Bertz CT molecular complexity index is 1430. The third-order valence-electron chi connectivity index (χ3n) is 6.62. The molecule has 7 heteroatoms. The topological polar surface area (TPSA) is 58.4 Å². The summed E-state index contributed by atoms with van der Waals surface area (Å²) in [6.45, 7) is 7.21. The van der Waals surface area contributed by atoms with E-state index in [2.05, 4.69) is 30.9 Å². The minimum Gasteiger partial charge on any atom is -0.368 e. The van der Waals surface area contributed by atoms with Gasteiger partial charge >= 0.3 is 0 Å². The molecule has 0 bridgehead atoms. The first-order chi connectivity index (χ1) is 17.5. The summed E-state index contributed by atoms with van der Waals surface area (Å²) in [6, 6.07) is 25.6. The Morgan fingerprint density at radius 3 is 2.31 bits per heavy atom. The number of anilines is 1. The van der Waals surface area contributed by atoms with Gasteiger partial charge in [-0.15, -0.1) is 0 Å². The maximum Gasteiger partial charge on any atom is 0.266 e. The maximum atomic E-state index is 13.7. The monoisotopic (exact) mass is 498 g/mol. The van der Waals surface area contributed by atoms with E-state index in [-0.39, 0.29) is 23.1 Å². The van der Waals surface area contributed by atoms with Crippen LogP contribution in [0.4, 0.5) is 5.69 Å². The first-order valence-electron chi connectivity index (χ1n) is 12.3. The number of piperazine rings is 1. The van der Waals surface area contributed by atoms with Crippen LogP contribution in [0.2, 0.25) is 0 Å². The molecule has 5 rings (SSSR count). The quantitative estimate of drug-likeness (QED) is 0.278. The van der Waals surface area contributed by atoms with E-state index >= 15 is 0 Å². The average Bonchev–Trinajstić information content (AvgIpc) is 2.92. The fourth-order valence-corrected chi connectivity index (χ4v) is 5.58. The number of hydrogen-bond acceptors (Lipinski definition) is 5. The predicted molar refractivity (Wildman–Crippen MR) is 147 cm³/mol. The molecule has 0 radical (unpaired) electrons. The molecule has 3 aromatic carbocycles. The van der Waals surface area contributed by atoms with E-state index in [1.807, 2.05) is 71.6 Å². The van der Waals surface area contributed by atoms with Gasteiger partial charge in [0.1, 0.15) is 0 Å². The zero-order valence-corrected chi connectivity index (χ0v) is 21.4. The Morgan fingerprint density at radius 1 is 0.889 bits per heavy atom. The smallest absolute Gasteiger partial charge is 0.266 e. The van der Waals surface area contributed by atoms with Gasteiger partial charge in [-0.1, -0.05) is 74.1 Å². The molecule has 0 spiro atoms. The minimum atomic E-state index is -0.111. The lowest BCUT2D eigenvalue weighted by molar-refractivity contribution is -0.128. The SMILES string of the molecule is CC(C)c1ccccc1-n1c(SCC(=O)N2CCN(c3ccccc3)CC2)nc2ccccc2c1=O. The van der Waals surface area contributed by atoms with E-state index in [0.717, 1.165) is 24.3 Å². The lowest BCUT2D eigenvalue weighted by Crippen LogP contribution is -2.49. The number of amides is 1. The van der Waals surface area contributed by atoms with Crippen LogP contribution in [0.5, 0.6) is 0 Å². The van der Waals surface area contributed by atoms with E-state index in [9.17, 15) is 9.59 Å². The van der Waals surface area contributed by atoms with Crippen LogP contribution in [-0.4, -0.2) is 52.3 Å². The molecule has 1 aromatic heterocycles. The zero-order valence-electron chi connectivity index (χ0n) is 20.6. The molecule has 1 aliphatic heterocycles. The Morgan fingerprint density at radius 2 is 1.56 bits per heavy atom. The molecule has 2 heterocycles. The van der Waals surface area contributed by atoms with Gasteiger partial charge in [-0.3, -0.25) is 14.2 Å². The Hall–Kier alpha value is -3.58. The van der Waals surface area contributed by atoms with Gasteiger partial charge in [0.15, 0.2) is 5.16 Å². The number of carbonyl (C=O) groups is 1. The average molecular weight is 499 g/mol. The number of rotatable bonds is 6. The summed E-state index contributed by atoms with van der Waals surface area (Å²) >= 11 is 1.34. The van der Waals surface area contributed by atoms with E-state index in [1.165, 1.54) is 17.4 Å². The molecule has 6 nitrogen and oxygen atoms in total. The van der Waals surface area contributed by atoms with Crippen LogP contribution in [0.1, 0.15) is 25.3 Å². The molecule has 1 saturated heterocycles. The van der Waals surface area contributed by atoms with Crippen molar-refractivity contribution in [2.45, 2.75) is 24.9 Å². The molecule has 184 valence electrons. The van der Waals surface area contributed by atoms with Crippen LogP contribution in [-0.2, 0) is 4.79 Å². The Balaban J connectivity index is 1.39. The van der Waals surface area contributed by atoms with Crippen molar-refractivity contribution in [3.63, 3.8) is 0 Å². The third-order valence-corrected chi connectivity index (χ3v) is 7.55. The molecule has 1 aliphatic rings. The van der Waals surface area contributed by atoms with Crippen molar-refractivity contribution in [2.24, 2.45) is 0 Å². The van der Waals surface area contributed by atoms with Crippen molar-refractivity contribution >= 4 is 34.3 Å². The zero-order chi connectivity index (χ0) is 25.1. The van der Waals surface area contributed by atoms with Crippen molar-refractivity contribution in [1.29, 1.82) is 0 Å². The first-order valence-corrected chi connectivity index (χ1v) is 13.3. The van der Waals surface area contributed by atoms with Gasteiger partial charge in [-0.2, -0.15) is 0 Å². The maximum absolute atomic E-state index is 13.7. The van der Waals surface area contributed by atoms with Gasteiger partial charge in [-0.05, 0) is 41.8 Å². The second kappa shape index (κ2) is 10.6. The van der Waals surface area contributed by atoms with Crippen molar-refractivity contribution in [3.05, 3.63) is 94.8 Å². The van der Waals surface area contributed by atoms with Crippen LogP contribution in [0.3, 0.4) is 0 Å². The molecule has 0 atom stereocenters. The molecular weight excluding hydrogens is 468 g/mol. The number of thioether (sulfide) groups is 1. The second-order valence-electron chi connectivity index (χ2n) is 9.26. The second-order valence-corrected chi connectivity index (χ2v) is 10.2. The highest BCUT2D eigenvalue weighted by atomic mass is 32.2. The molecule has 0 aliphatic carbocycles. The van der Waals surface area contributed by atoms with E-state index in [1.54, 1.807) is 4.57 Å². The van der Waals surface area contributed by atoms with Gasteiger partial charge in [-0.25, -0.2) is 4.98 Å². The Labute approximate surface area is 215 Å². The van der Waals surface area contributed by atoms with Gasteiger partial charge in [0.2, 0.25) is 5.91 Å². The summed E-state index contributed by atoms with van der Waals surface area (Å²) in [5.74, 6) is 0.540. The molecule has 1 amide bonds. The van der Waals surface area contributed by atoms with Crippen LogP contribution < -0.4 is 10.5 Å². The largest absolute Gasteiger partial charge is 0.368 e. The number of hydrogen-bond donors (Lipinski definition) is 0. The van der Waals surface area contributed by atoms with E-state index in [0.29, 0.717) is 29.1 Å². The molecular formula is C29H30N4O2S. The molecule has 0 unspecified atom stereocenters. The summed E-state index contributed by atoms with van der Waals surface area (Å²) in [5, 5.41) is 1.12. The number of para-hydroxylation sites is 3. The summed E-state index contributed by atoms with van der Waals surface area (Å²) in [6.07, 6.45) is 0. The number of carbonyl (C=O) groups excluding carboxylic acids is 1. The van der Waals surface area contributed by atoms with Crippen molar-refractivity contribution in [1.82, 2.24) is 14.5 Å². The summed E-state index contributed by atoms with van der Waals surface area (Å²) in [4.78, 5) is 35.9. The van der Waals surface area contributed by atoms with Crippen molar-refractivity contribution < 1.29 is 4.79 Å². The van der Waals surface area contributed by atoms with Gasteiger partial charge in [0.05, 0.1) is 22.3 Å². The van der Waals surface area contributed by atoms with E-state index < -0.39 is 0 Å². The summed E-state index contributed by atoms with van der Waals surface area (Å²) < 4.78 is 1.68. The molecule has 36 heavy (non-hydrogen) atoms.